The van der Waals surface area contributed by atoms with Gasteiger partial charge in [-0.05, 0) is 42.3 Å². The van der Waals surface area contributed by atoms with Gasteiger partial charge in [-0.3, -0.25) is 4.79 Å². The van der Waals surface area contributed by atoms with Crippen molar-refractivity contribution < 1.29 is 14.3 Å². The summed E-state index contributed by atoms with van der Waals surface area (Å²) in [6.45, 7) is 3.97. The number of aromatic nitrogens is 2. The topological polar surface area (TPSA) is 93.2 Å². The van der Waals surface area contributed by atoms with Crippen molar-refractivity contribution in [3.8, 4) is 0 Å². The number of nitrogens with zero attached hydrogens (tertiary/aromatic N) is 2. The lowest BCUT2D eigenvalue weighted by Gasteiger charge is -2.21. The number of methoxy groups -OCH3 is 1. The number of halogens is 1. The molecule has 0 bridgehead atoms. The van der Waals surface area contributed by atoms with Gasteiger partial charge in [0.1, 0.15) is 11.9 Å². The number of carbonyl (C=O) groups is 2. The fourth-order valence-electron chi connectivity index (χ4n) is 2.95. The van der Waals surface area contributed by atoms with Gasteiger partial charge in [0.25, 0.3) is 5.91 Å². The van der Waals surface area contributed by atoms with Gasteiger partial charge >= 0.3 is 5.97 Å². The summed E-state index contributed by atoms with van der Waals surface area (Å²) in [5, 5.41) is 7.33. The quantitative estimate of drug-likeness (QED) is 0.558. The molecule has 0 saturated heterocycles. The molecule has 0 aliphatic rings. The zero-order valence-electron chi connectivity index (χ0n) is 17.0. The highest BCUT2D eigenvalue weighted by molar-refractivity contribution is 6.30. The van der Waals surface area contributed by atoms with Crippen LogP contribution in [0.5, 0.6) is 0 Å². The summed E-state index contributed by atoms with van der Waals surface area (Å²) < 4.78 is 4.91. The predicted octanol–water partition coefficient (Wildman–Crippen LogP) is 3.82. The lowest BCUT2D eigenvalue weighted by molar-refractivity contribution is -0.142. The summed E-state index contributed by atoms with van der Waals surface area (Å²) in [7, 11) is 1.36. The molecule has 8 heteroatoms. The molecule has 3 rings (SSSR count). The molecule has 3 aromatic rings. The highest BCUT2D eigenvalue weighted by Crippen LogP contribution is 2.22. The Balaban J connectivity index is 1.86. The lowest BCUT2D eigenvalue weighted by atomic mass is 10.0. The average molecular weight is 427 g/mol. The largest absolute Gasteiger partial charge is 0.467 e. The van der Waals surface area contributed by atoms with E-state index in [1.165, 1.54) is 7.11 Å². The molecule has 1 unspecified atom stereocenters. The van der Waals surface area contributed by atoms with E-state index in [1.54, 1.807) is 24.3 Å². The molecular weight excluding hydrogens is 404 g/mol. The van der Waals surface area contributed by atoms with Crippen LogP contribution < -0.4 is 10.6 Å². The van der Waals surface area contributed by atoms with E-state index in [2.05, 4.69) is 20.6 Å². The monoisotopic (exact) mass is 426 g/mol. The fourth-order valence-corrected chi connectivity index (χ4v) is 3.07. The van der Waals surface area contributed by atoms with Gasteiger partial charge in [-0.1, -0.05) is 37.6 Å². The first-order valence-electron chi connectivity index (χ1n) is 9.53. The van der Waals surface area contributed by atoms with Gasteiger partial charge in [-0.2, -0.15) is 0 Å². The summed E-state index contributed by atoms with van der Waals surface area (Å²) in [6, 6.07) is 13.5. The minimum absolute atomic E-state index is 0.0146. The number of rotatable bonds is 7. The van der Waals surface area contributed by atoms with Gasteiger partial charge in [0.05, 0.1) is 19.2 Å². The van der Waals surface area contributed by atoms with Crippen LogP contribution in [-0.2, 0) is 16.1 Å². The highest BCUT2D eigenvalue weighted by atomic mass is 35.5. The molecule has 7 nitrogen and oxygen atoms in total. The zero-order valence-corrected chi connectivity index (χ0v) is 17.7. The van der Waals surface area contributed by atoms with Crippen molar-refractivity contribution >= 4 is 40.2 Å². The molecule has 1 heterocycles. The summed E-state index contributed by atoms with van der Waals surface area (Å²) in [6.07, 6.45) is 0. The molecule has 0 fully saturated rings. The summed E-state index contributed by atoms with van der Waals surface area (Å²) in [4.78, 5) is 33.6. The first-order valence-corrected chi connectivity index (χ1v) is 9.90. The predicted molar refractivity (Wildman–Crippen MR) is 116 cm³/mol. The van der Waals surface area contributed by atoms with Crippen molar-refractivity contribution in [1.82, 2.24) is 15.3 Å². The molecule has 0 aliphatic carbocycles. The summed E-state index contributed by atoms with van der Waals surface area (Å²) in [5.41, 5.74) is 1.20. The van der Waals surface area contributed by atoms with Crippen molar-refractivity contribution in [2.75, 3.05) is 12.4 Å². The van der Waals surface area contributed by atoms with E-state index in [0.717, 1.165) is 5.39 Å². The number of fused-ring (bicyclic) bond motifs is 1. The Hall–Kier alpha value is -3.19. The highest BCUT2D eigenvalue weighted by Gasteiger charge is 2.24. The molecule has 2 aromatic carbocycles. The second-order valence-electron chi connectivity index (χ2n) is 7.08. The van der Waals surface area contributed by atoms with E-state index in [1.807, 2.05) is 38.1 Å². The molecule has 1 atom stereocenters. The molecule has 0 saturated carbocycles. The number of ether oxygens (including phenoxy) is 1. The number of hydrogen-bond acceptors (Lipinski definition) is 6. The number of esters is 1. The van der Waals surface area contributed by atoms with E-state index in [0.29, 0.717) is 27.7 Å². The first kappa shape index (κ1) is 21.5. The summed E-state index contributed by atoms with van der Waals surface area (Å²) in [5.74, 6) is 0.295. The third kappa shape index (κ3) is 5.04. The number of anilines is 1. The van der Waals surface area contributed by atoms with Crippen LogP contribution in [-0.4, -0.2) is 35.0 Å². The number of benzene rings is 2. The van der Waals surface area contributed by atoms with E-state index < -0.39 is 6.04 Å². The standard InChI is InChI=1S/C22H23ClN4O3/c1-13(2)19(22(29)30-3)27-20-16-6-4-5-7-17(16)25-18(26-20)12-24-21(28)14-8-10-15(23)11-9-14/h4-11,13,19H,12H2,1-3H3,(H,24,28)(H,25,26,27). The Kier molecular flexibility index (Phi) is 6.84. The van der Waals surface area contributed by atoms with Crippen LogP contribution in [0.15, 0.2) is 48.5 Å². The molecule has 1 amide bonds. The molecular formula is C22H23ClN4O3. The van der Waals surface area contributed by atoms with E-state index >= 15 is 0 Å². The Morgan fingerprint density at radius 2 is 1.77 bits per heavy atom. The first-order chi connectivity index (χ1) is 14.4. The molecule has 1 aromatic heterocycles. The molecule has 156 valence electrons. The van der Waals surface area contributed by atoms with Crippen LogP contribution in [0.25, 0.3) is 10.9 Å². The van der Waals surface area contributed by atoms with Crippen LogP contribution in [0.2, 0.25) is 5.02 Å². The Labute approximate surface area is 179 Å². The minimum Gasteiger partial charge on any atom is -0.467 e. The van der Waals surface area contributed by atoms with Crippen molar-refractivity contribution in [1.29, 1.82) is 0 Å². The van der Waals surface area contributed by atoms with Crippen LogP contribution in [0, 0.1) is 5.92 Å². The summed E-state index contributed by atoms with van der Waals surface area (Å²) >= 11 is 5.87. The lowest BCUT2D eigenvalue weighted by Crippen LogP contribution is -2.36. The number of hydrogen-bond donors (Lipinski definition) is 2. The van der Waals surface area contributed by atoms with E-state index in [4.69, 9.17) is 16.3 Å². The SMILES string of the molecule is COC(=O)C(Nc1nc(CNC(=O)c2ccc(Cl)cc2)nc2ccccc12)C(C)C. The van der Waals surface area contributed by atoms with Crippen LogP contribution >= 0.6 is 11.6 Å². The van der Waals surface area contributed by atoms with Crippen LogP contribution in [0.4, 0.5) is 5.82 Å². The molecule has 0 aliphatic heterocycles. The second-order valence-corrected chi connectivity index (χ2v) is 7.52. The molecule has 30 heavy (non-hydrogen) atoms. The second kappa shape index (κ2) is 9.54. The van der Waals surface area contributed by atoms with Gasteiger partial charge < -0.3 is 15.4 Å². The Morgan fingerprint density at radius 3 is 2.43 bits per heavy atom. The van der Waals surface area contributed by atoms with Gasteiger partial charge in [0.2, 0.25) is 0 Å². The maximum atomic E-state index is 12.4. The van der Waals surface area contributed by atoms with Crippen molar-refractivity contribution in [2.45, 2.75) is 26.4 Å². The zero-order chi connectivity index (χ0) is 21.7. The van der Waals surface area contributed by atoms with Gasteiger partial charge in [-0.15, -0.1) is 0 Å². The van der Waals surface area contributed by atoms with Crippen molar-refractivity contribution in [3.63, 3.8) is 0 Å². The van der Waals surface area contributed by atoms with Gasteiger partial charge in [0, 0.05) is 16.0 Å². The molecule has 2 N–H and O–H groups in total. The minimum atomic E-state index is -0.565. The normalized spacial score (nSPS) is 11.9. The molecule has 0 radical (unpaired) electrons. The van der Waals surface area contributed by atoms with E-state index in [-0.39, 0.29) is 24.3 Å². The maximum Gasteiger partial charge on any atom is 0.328 e. The van der Waals surface area contributed by atoms with E-state index in [9.17, 15) is 9.59 Å². The number of para-hydroxylation sites is 1. The van der Waals surface area contributed by atoms with Crippen LogP contribution in [0.3, 0.4) is 0 Å². The molecule has 0 spiro atoms. The third-order valence-electron chi connectivity index (χ3n) is 4.58. The van der Waals surface area contributed by atoms with Crippen LogP contribution in [0.1, 0.15) is 30.0 Å². The number of nitrogens with one attached hydrogen (secondary N) is 2. The Morgan fingerprint density at radius 1 is 1.07 bits per heavy atom. The maximum absolute atomic E-state index is 12.4. The van der Waals surface area contributed by atoms with Gasteiger partial charge in [0.15, 0.2) is 5.82 Å². The van der Waals surface area contributed by atoms with Crippen molar-refractivity contribution in [2.24, 2.45) is 5.92 Å². The smallest absolute Gasteiger partial charge is 0.328 e. The third-order valence-corrected chi connectivity index (χ3v) is 4.83. The van der Waals surface area contributed by atoms with Gasteiger partial charge in [-0.25, -0.2) is 14.8 Å². The van der Waals surface area contributed by atoms with Crippen molar-refractivity contribution in [3.05, 3.63) is 64.9 Å². The number of carbonyl (C=O) groups excluding carboxylic acids is 2. The fraction of sp³-hybridized carbons (Fsp3) is 0.273. The number of amides is 1. The Bertz CT molecular complexity index is 1050. The average Bonchev–Trinajstić information content (AvgIpc) is 2.75.